The standard InChI is InChI=1S/C19H15ClN2O2/c1-13-8-9-15(12-17(13)20)22-19(23)14-5-4-6-16(11-14)24-18-7-2-3-10-21-18/h2-12H,1H3,(H,22,23). The van der Waals surface area contributed by atoms with E-state index in [0.29, 0.717) is 27.9 Å². The van der Waals surface area contributed by atoms with Gasteiger partial charge in [-0.05, 0) is 48.9 Å². The lowest BCUT2D eigenvalue weighted by Gasteiger charge is -2.09. The molecular formula is C19H15ClN2O2. The van der Waals surface area contributed by atoms with Crippen molar-refractivity contribution >= 4 is 23.2 Å². The predicted molar refractivity (Wildman–Crippen MR) is 94.9 cm³/mol. The van der Waals surface area contributed by atoms with Crippen LogP contribution >= 0.6 is 11.6 Å². The average molecular weight is 339 g/mol. The van der Waals surface area contributed by atoms with Gasteiger partial charge in [-0.25, -0.2) is 4.98 Å². The zero-order chi connectivity index (χ0) is 16.9. The SMILES string of the molecule is Cc1ccc(NC(=O)c2cccc(Oc3ccccn3)c2)cc1Cl. The quantitative estimate of drug-likeness (QED) is 0.721. The minimum atomic E-state index is -0.235. The van der Waals surface area contributed by atoms with Gasteiger partial charge in [-0.3, -0.25) is 4.79 Å². The van der Waals surface area contributed by atoms with E-state index >= 15 is 0 Å². The molecule has 1 N–H and O–H groups in total. The second kappa shape index (κ2) is 7.15. The summed E-state index contributed by atoms with van der Waals surface area (Å²) in [7, 11) is 0. The molecule has 0 aliphatic heterocycles. The molecule has 0 saturated heterocycles. The van der Waals surface area contributed by atoms with Crippen LogP contribution in [-0.2, 0) is 0 Å². The van der Waals surface area contributed by atoms with Gasteiger partial charge in [-0.2, -0.15) is 0 Å². The third kappa shape index (κ3) is 3.91. The number of carbonyl (C=O) groups is 1. The highest BCUT2D eigenvalue weighted by atomic mass is 35.5. The van der Waals surface area contributed by atoms with Crippen molar-refractivity contribution in [1.82, 2.24) is 4.98 Å². The number of halogens is 1. The highest BCUT2D eigenvalue weighted by Crippen LogP contribution is 2.22. The number of amides is 1. The van der Waals surface area contributed by atoms with Crippen molar-refractivity contribution in [2.45, 2.75) is 6.92 Å². The van der Waals surface area contributed by atoms with E-state index in [1.807, 2.05) is 31.2 Å². The van der Waals surface area contributed by atoms with E-state index in [0.717, 1.165) is 5.56 Å². The molecule has 24 heavy (non-hydrogen) atoms. The Kier molecular flexibility index (Phi) is 4.77. The van der Waals surface area contributed by atoms with Gasteiger partial charge in [0.1, 0.15) is 5.75 Å². The first-order valence-electron chi connectivity index (χ1n) is 7.38. The Balaban J connectivity index is 1.75. The van der Waals surface area contributed by atoms with Crippen LogP contribution < -0.4 is 10.1 Å². The summed E-state index contributed by atoms with van der Waals surface area (Å²) in [5.41, 5.74) is 2.09. The number of benzene rings is 2. The zero-order valence-electron chi connectivity index (χ0n) is 13.0. The van der Waals surface area contributed by atoms with Gasteiger partial charge in [0, 0.05) is 28.5 Å². The van der Waals surface area contributed by atoms with Crippen molar-refractivity contribution in [3.8, 4) is 11.6 Å². The van der Waals surface area contributed by atoms with E-state index in [4.69, 9.17) is 16.3 Å². The van der Waals surface area contributed by atoms with Crippen LogP contribution in [0, 0.1) is 6.92 Å². The highest BCUT2D eigenvalue weighted by molar-refractivity contribution is 6.31. The molecule has 0 bridgehead atoms. The first kappa shape index (κ1) is 16.0. The molecule has 3 aromatic rings. The third-order valence-corrected chi connectivity index (χ3v) is 3.79. The zero-order valence-corrected chi connectivity index (χ0v) is 13.7. The molecule has 0 saturated carbocycles. The van der Waals surface area contributed by atoms with Crippen LogP contribution in [0.5, 0.6) is 11.6 Å². The molecule has 0 unspecified atom stereocenters. The number of nitrogens with one attached hydrogen (secondary N) is 1. The molecule has 1 amide bonds. The summed E-state index contributed by atoms with van der Waals surface area (Å²) in [6, 6.07) is 17.7. The van der Waals surface area contributed by atoms with Crippen LogP contribution in [0.1, 0.15) is 15.9 Å². The fourth-order valence-corrected chi connectivity index (χ4v) is 2.28. The van der Waals surface area contributed by atoms with Gasteiger partial charge in [0.25, 0.3) is 5.91 Å². The van der Waals surface area contributed by atoms with Gasteiger partial charge in [-0.15, -0.1) is 0 Å². The Morgan fingerprint density at radius 3 is 2.71 bits per heavy atom. The number of nitrogens with zero attached hydrogens (tertiary/aromatic N) is 1. The Labute approximate surface area is 145 Å². The molecule has 1 aromatic heterocycles. The Morgan fingerprint density at radius 2 is 1.96 bits per heavy atom. The van der Waals surface area contributed by atoms with E-state index in [1.165, 1.54) is 0 Å². The third-order valence-electron chi connectivity index (χ3n) is 3.39. The number of ether oxygens (including phenoxy) is 1. The van der Waals surface area contributed by atoms with Crippen LogP contribution in [0.25, 0.3) is 0 Å². The average Bonchev–Trinajstić information content (AvgIpc) is 2.59. The Bertz CT molecular complexity index is 866. The number of carbonyl (C=O) groups excluding carboxylic acids is 1. The van der Waals surface area contributed by atoms with Crippen molar-refractivity contribution in [2.24, 2.45) is 0 Å². The van der Waals surface area contributed by atoms with Crippen molar-refractivity contribution in [1.29, 1.82) is 0 Å². The summed E-state index contributed by atoms with van der Waals surface area (Å²) < 4.78 is 5.64. The van der Waals surface area contributed by atoms with Crippen LogP contribution in [0.4, 0.5) is 5.69 Å². The fourth-order valence-electron chi connectivity index (χ4n) is 2.10. The molecule has 1 heterocycles. The van der Waals surface area contributed by atoms with Crippen LogP contribution in [0.2, 0.25) is 5.02 Å². The van der Waals surface area contributed by atoms with E-state index in [9.17, 15) is 4.79 Å². The molecule has 0 atom stereocenters. The second-order valence-corrected chi connectivity index (χ2v) is 5.62. The maximum absolute atomic E-state index is 12.4. The molecule has 120 valence electrons. The molecule has 5 heteroatoms. The topological polar surface area (TPSA) is 51.2 Å². The van der Waals surface area contributed by atoms with Crippen LogP contribution in [-0.4, -0.2) is 10.9 Å². The van der Waals surface area contributed by atoms with E-state index in [1.54, 1.807) is 42.6 Å². The van der Waals surface area contributed by atoms with Gasteiger partial charge in [0.05, 0.1) is 0 Å². The smallest absolute Gasteiger partial charge is 0.255 e. The van der Waals surface area contributed by atoms with Crippen molar-refractivity contribution in [2.75, 3.05) is 5.32 Å². The van der Waals surface area contributed by atoms with Gasteiger partial charge in [0.15, 0.2) is 0 Å². The minimum Gasteiger partial charge on any atom is -0.439 e. The highest BCUT2D eigenvalue weighted by Gasteiger charge is 2.09. The molecule has 0 spiro atoms. The lowest BCUT2D eigenvalue weighted by Crippen LogP contribution is -2.11. The molecule has 2 aromatic carbocycles. The molecule has 4 nitrogen and oxygen atoms in total. The minimum absolute atomic E-state index is 0.235. The summed E-state index contributed by atoms with van der Waals surface area (Å²) in [5.74, 6) is 0.782. The number of pyridine rings is 1. The van der Waals surface area contributed by atoms with Gasteiger partial charge < -0.3 is 10.1 Å². The lowest BCUT2D eigenvalue weighted by molar-refractivity contribution is 0.102. The summed E-state index contributed by atoms with van der Waals surface area (Å²) in [5, 5.41) is 3.43. The lowest BCUT2D eigenvalue weighted by atomic mass is 10.2. The summed E-state index contributed by atoms with van der Waals surface area (Å²) in [6.45, 7) is 1.91. The molecule has 0 fully saturated rings. The number of rotatable bonds is 4. The molecule has 0 radical (unpaired) electrons. The summed E-state index contributed by atoms with van der Waals surface area (Å²) in [6.07, 6.45) is 1.65. The number of hydrogen-bond acceptors (Lipinski definition) is 3. The van der Waals surface area contributed by atoms with Gasteiger partial charge in [0.2, 0.25) is 5.88 Å². The van der Waals surface area contributed by atoms with Crippen molar-refractivity contribution < 1.29 is 9.53 Å². The van der Waals surface area contributed by atoms with Gasteiger partial charge >= 0.3 is 0 Å². The predicted octanol–water partition coefficient (Wildman–Crippen LogP) is 5.09. The number of aromatic nitrogens is 1. The van der Waals surface area contributed by atoms with Crippen LogP contribution in [0.15, 0.2) is 66.9 Å². The first-order valence-corrected chi connectivity index (χ1v) is 7.76. The molecule has 3 rings (SSSR count). The van der Waals surface area contributed by atoms with Crippen molar-refractivity contribution in [3.63, 3.8) is 0 Å². The Morgan fingerprint density at radius 1 is 1.08 bits per heavy atom. The normalized spacial score (nSPS) is 10.2. The maximum Gasteiger partial charge on any atom is 0.255 e. The van der Waals surface area contributed by atoms with E-state index in [-0.39, 0.29) is 5.91 Å². The van der Waals surface area contributed by atoms with Gasteiger partial charge in [-0.1, -0.05) is 29.8 Å². The van der Waals surface area contributed by atoms with E-state index < -0.39 is 0 Å². The summed E-state index contributed by atoms with van der Waals surface area (Å²) >= 11 is 6.08. The number of anilines is 1. The fraction of sp³-hybridized carbons (Fsp3) is 0.0526. The number of hydrogen-bond donors (Lipinski definition) is 1. The molecule has 0 aliphatic rings. The van der Waals surface area contributed by atoms with Crippen molar-refractivity contribution in [3.05, 3.63) is 83.0 Å². The molecular weight excluding hydrogens is 324 g/mol. The second-order valence-electron chi connectivity index (χ2n) is 5.22. The molecule has 0 aliphatic carbocycles. The first-order chi connectivity index (χ1) is 11.6. The van der Waals surface area contributed by atoms with E-state index in [2.05, 4.69) is 10.3 Å². The maximum atomic E-state index is 12.4. The monoisotopic (exact) mass is 338 g/mol. The summed E-state index contributed by atoms with van der Waals surface area (Å²) in [4.78, 5) is 16.5. The van der Waals surface area contributed by atoms with Crippen LogP contribution in [0.3, 0.4) is 0 Å². The Hall–Kier alpha value is -2.85. The largest absolute Gasteiger partial charge is 0.439 e. The number of aryl methyl sites for hydroxylation is 1.